The highest BCUT2D eigenvalue weighted by Gasteiger charge is 2.34. The minimum Gasteiger partial charge on any atom is -0.497 e. The van der Waals surface area contributed by atoms with Gasteiger partial charge >= 0.3 is 0 Å². The van der Waals surface area contributed by atoms with Crippen LogP contribution >= 0.6 is 24.0 Å². The third-order valence-corrected chi connectivity index (χ3v) is 5.50. The third kappa shape index (κ3) is 8.95. The fraction of sp³-hybridized carbons (Fsp3) is 0.682. The maximum absolute atomic E-state index is 5.58. The van der Waals surface area contributed by atoms with Crippen molar-refractivity contribution in [3.05, 3.63) is 29.8 Å². The topological polar surface area (TPSA) is 67.3 Å². The molecule has 1 aromatic carbocycles. The van der Waals surface area contributed by atoms with E-state index < -0.39 is 0 Å². The van der Waals surface area contributed by atoms with Gasteiger partial charge in [0.05, 0.1) is 13.7 Å². The van der Waals surface area contributed by atoms with Crippen molar-refractivity contribution >= 4 is 29.9 Å². The van der Waals surface area contributed by atoms with Crippen molar-refractivity contribution in [2.45, 2.75) is 38.3 Å². The molecule has 172 valence electrons. The quantitative estimate of drug-likeness (QED) is 0.197. The lowest BCUT2D eigenvalue weighted by atomic mass is 9.88. The van der Waals surface area contributed by atoms with Crippen LogP contribution in [0.1, 0.15) is 31.7 Å². The Morgan fingerprint density at radius 3 is 2.47 bits per heavy atom. The first-order valence-electron chi connectivity index (χ1n) is 10.6. The summed E-state index contributed by atoms with van der Waals surface area (Å²) in [6.45, 7) is 7.42. The van der Waals surface area contributed by atoms with Crippen LogP contribution in [0.4, 0.5) is 0 Å². The number of benzene rings is 1. The van der Waals surface area contributed by atoms with E-state index >= 15 is 0 Å². The predicted octanol–water partition coefficient (Wildman–Crippen LogP) is 2.89. The van der Waals surface area contributed by atoms with Crippen LogP contribution < -0.4 is 15.4 Å². The molecule has 0 aliphatic carbocycles. The fourth-order valence-corrected chi connectivity index (χ4v) is 3.38. The second-order valence-corrected chi connectivity index (χ2v) is 7.57. The van der Waals surface area contributed by atoms with Crippen molar-refractivity contribution in [1.82, 2.24) is 15.5 Å². The molecule has 0 aromatic heterocycles. The Morgan fingerprint density at radius 1 is 1.17 bits per heavy atom. The van der Waals surface area contributed by atoms with E-state index in [1.807, 2.05) is 19.1 Å². The Labute approximate surface area is 199 Å². The third-order valence-electron chi connectivity index (χ3n) is 5.50. The highest BCUT2D eigenvalue weighted by Crippen LogP contribution is 2.25. The maximum atomic E-state index is 5.58. The van der Waals surface area contributed by atoms with Crippen LogP contribution in [0.2, 0.25) is 0 Å². The fourth-order valence-electron chi connectivity index (χ4n) is 3.38. The van der Waals surface area contributed by atoms with Gasteiger partial charge in [-0.05, 0) is 58.0 Å². The first-order valence-corrected chi connectivity index (χ1v) is 10.6. The van der Waals surface area contributed by atoms with E-state index in [0.29, 0.717) is 6.54 Å². The summed E-state index contributed by atoms with van der Waals surface area (Å²) in [5.41, 5.74) is 1.24. The smallest absolute Gasteiger partial charge is 0.191 e. The molecule has 1 aliphatic heterocycles. The lowest BCUT2D eigenvalue weighted by Gasteiger charge is -2.43. The van der Waals surface area contributed by atoms with Gasteiger partial charge in [-0.3, -0.25) is 0 Å². The van der Waals surface area contributed by atoms with E-state index in [4.69, 9.17) is 19.2 Å². The molecule has 2 N–H and O–H groups in total. The van der Waals surface area contributed by atoms with Crippen LogP contribution in [0, 0.1) is 0 Å². The van der Waals surface area contributed by atoms with Gasteiger partial charge in [0.2, 0.25) is 0 Å². The molecule has 0 atom stereocenters. The normalized spacial score (nSPS) is 16.1. The van der Waals surface area contributed by atoms with Gasteiger partial charge in [-0.15, -0.1) is 24.0 Å². The minimum atomic E-state index is 0. The van der Waals surface area contributed by atoms with Crippen molar-refractivity contribution in [3.63, 3.8) is 0 Å². The van der Waals surface area contributed by atoms with Crippen LogP contribution in [0.15, 0.2) is 29.3 Å². The van der Waals surface area contributed by atoms with Crippen LogP contribution in [0.5, 0.6) is 5.75 Å². The molecule has 1 heterocycles. The van der Waals surface area contributed by atoms with E-state index in [2.05, 4.69) is 41.8 Å². The lowest BCUT2D eigenvalue weighted by Crippen LogP contribution is -2.57. The molecule has 8 heteroatoms. The highest BCUT2D eigenvalue weighted by molar-refractivity contribution is 14.0. The molecule has 1 aliphatic rings. The van der Waals surface area contributed by atoms with E-state index in [1.54, 1.807) is 7.11 Å². The lowest BCUT2D eigenvalue weighted by molar-refractivity contribution is -0.00502. The van der Waals surface area contributed by atoms with Crippen molar-refractivity contribution in [3.8, 4) is 5.75 Å². The molecular weight excluding hydrogens is 495 g/mol. The molecule has 2 rings (SSSR count). The standard InChI is InChI=1S/C22H38N4O3.HI/c1-5-28-14-6-13-23-21(24-17-19-7-9-20(27-4)10-8-19)25-18-22(26(2)3)11-15-29-16-12-22;/h7-10H,5-6,11-18H2,1-4H3,(H2,23,24,25);1H. The number of nitrogens with one attached hydrogen (secondary N) is 2. The van der Waals surface area contributed by atoms with Crippen molar-refractivity contribution < 1.29 is 14.2 Å². The van der Waals surface area contributed by atoms with Crippen LogP contribution in [-0.4, -0.2) is 77.1 Å². The van der Waals surface area contributed by atoms with E-state index in [9.17, 15) is 0 Å². The van der Waals surface area contributed by atoms with Gasteiger partial charge in [0.1, 0.15) is 5.75 Å². The summed E-state index contributed by atoms with van der Waals surface area (Å²) in [6, 6.07) is 8.04. The molecule has 1 aromatic rings. The second kappa shape index (κ2) is 14.8. The van der Waals surface area contributed by atoms with Crippen LogP contribution in [0.25, 0.3) is 0 Å². The molecule has 0 radical (unpaired) electrons. The van der Waals surface area contributed by atoms with Crippen molar-refractivity contribution in [1.29, 1.82) is 0 Å². The molecule has 7 nitrogen and oxygen atoms in total. The average Bonchev–Trinajstić information content (AvgIpc) is 2.75. The summed E-state index contributed by atoms with van der Waals surface area (Å²) < 4.78 is 16.3. The first kappa shape index (κ1) is 26.9. The number of hydrogen-bond donors (Lipinski definition) is 2. The SMILES string of the molecule is CCOCCCNC(=NCc1ccc(OC)cc1)NCC1(N(C)C)CCOCC1.I. The summed E-state index contributed by atoms with van der Waals surface area (Å²) in [4.78, 5) is 7.12. The Hall–Kier alpha value is -1.10. The Balaban J connectivity index is 0.00000450. The van der Waals surface area contributed by atoms with E-state index in [1.165, 1.54) is 0 Å². The van der Waals surface area contributed by atoms with Gasteiger partial charge in [-0.2, -0.15) is 0 Å². The Bertz CT molecular complexity index is 605. The zero-order valence-corrected chi connectivity index (χ0v) is 21.2. The molecule has 0 unspecified atom stereocenters. The van der Waals surface area contributed by atoms with E-state index in [0.717, 1.165) is 76.1 Å². The maximum Gasteiger partial charge on any atom is 0.191 e. The van der Waals surface area contributed by atoms with Gasteiger partial charge in [-0.1, -0.05) is 12.1 Å². The number of rotatable bonds is 11. The predicted molar refractivity (Wildman–Crippen MR) is 133 cm³/mol. The van der Waals surface area contributed by atoms with Gasteiger partial charge in [0.25, 0.3) is 0 Å². The van der Waals surface area contributed by atoms with E-state index in [-0.39, 0.29) is 29.5 Å². The van der Waals surface area contributed by atoms with Gasteiger partial charge < -0.3 is 29.7 Å². The largest absolute Gasteiger partial charge is 0.497 e. The number of guanidine groups is 1. The Kier molecular flexibility index (Phi) is 13.3. The zero-order chi connectivity index (χ0) is 21.0. The number of methoxy groups -OCH3 is 1. The number of halogens is 1. The number of aliphatic imine (C=N–C) groups is 1. The van der Waals surface area contributed by atoms with Crippen LogP contribution in [0.3, 0.4) is 0 Å². The summed E-state index contributed by atoms with van der Waals surface area (Å²) in [5, 5.41) is 7.02. The summed E-state index contributed by atoms with van der Waals surface area (Å²) in [7, 11) is 5.98. The van der Waals surface area contributed by atoms with Gasteiger partial charge in [0, 0.05) is 45.1 Å². The van der Waals surface area contributed by atoms with Crippen molar-refractivity contribution in [2.75, 3.05) is 60.7 Å². The van der Waals surface area contributed by atoms with Crippen LogP contribution in [-0.2, 0) is 16.0 Å². The number of hydrogen-bond acceptors (Lipinski definition) is 5. The summed E-state index contributed by atoms with van der Waals surface area (Å²) >= 11 is 0. The molecule has 0 amide bonds. The number of likely N-dealkylation sites (N-methyl/N-ethyl adjacent to an activating group) is 1. The molecule has 0 spiro atoms. The summed E-state index contributed by atoms with van der Waals surface area (Å²) in [5.74, 6) is 1.70. The second-order valence-electron chi connectivity index (χ2n) is 7.57. The molecule has 0 saturated carbocycles. The molecule has 1 fully saturated rings. The first-order chi connectivity index (χ1) is 14.1. The van der Waals surface area contributed by atoms with Gasteiger partial charge in [-0.25, -0.2) is 4.99 Å². The minimum absolute atomic E-state index is 0. The monoisotopic (exact) mass is 534 g/mol. The van der Waals surface area contributed by atoms with Crippen molar-refractivity contribution in [2.24, 2.45) is 4.99 Å². The Morgan fingerprint density at radius 2 is 1.87 bits per heavy atom. The summed E-state index contributed by atoms with van der Waals surface area (Å²) in [6.07, 6.45) is 2.98. The van der Waals surface area contributed by atoms with Gasteiger partial charge in [0.15, 0.2) is 5.96 Å². The average molecular weight is 534 g/mol. The number of ether oxygens (including phenoxy) is 3. The molecule has 1 saturated heterocycles. The molecular formula is C22H39IN4O3. The molecule has 30 heavy (non-hydrogen) atoms. The highest BCUT2D eigenvalue weighted by atomic mass is 127. The zero-order valence-electron chi connectivity index (χ0n) is 18.9. The number of nitrogens with zero attached hydrogens (tertiary/aromatic N) is 2. The molecule has 0 bridgehead atoms.